The molecule has 0 saturated carbocycles. The molecule has 0 radical (unpaired) electrons. The van der Waals surface area contributed by atoms with Gasteiger partial charge in [0.1, 0.15) is 47.4 Å². The second-order valence-corrected chi connectivity index (χ2v) is 11.7. The third-order valence-electron chi connectivity index (χ3n) is 6.61. The van der Waals surface area contributed by atoms with E-state index in [2.05, 4.69) is 10.6 Å². The number of carboxylic acids is 2. The molecule has 4 N–H and O–H groups in total. The van der Waals surface area contributed by atoms with Crippen LogP contribution in [0.3, 0.4) is 0 Å². The molecule has 0 aromatic carbocycles. The molecule has 4 aliphatic rings. The Hall–Kier alpha value is -4.06. The summed E-state index contributed by atoms with van der Waals surface area (Å²) in [7, 11) is 0. The van der Waals surface area contributed by atoms with Crippen LogP contribution in [-0.4, -0.2) is 115 Å². The second kappa shape index (κ2) is 12.4. The third kappa shape index (κ3) is 6.08. The zero-order valence-electron chi connectivity index (χ0n) is 22.2. The molecule has 16 nitrogen and oxygen atoms in total. The minimum atomic E-state index is -1.37. The maximum atomic E-state index is 12.7. The number of nitrogens with one attached hydrogen (secondary N) is 2. The van der Waals surface area contributed by atoms with Crippen molar-refractivity contribution >= 4 is 71.0 Å². The van der Waals surface area contributed by atoms with Gasteiger partial charge in [-0.3, -0.25) is 38.6 Å². The zero-order valence-corrected chi connectivity index (χ0v) is 23.9. The van der Waals surface area contributed by atoms with Crippen LogP contribution in [0.15, 0.2) is 22.5 Å². The quantitative estimate of drug-likeness (QED) is 0.149. The van der Waals surface area contributed by atoms with Gasteiger partial charge in [0.2, 0.25) is 11.8 Å². The molecule has 0 aromatic heterocycles. The van der Waals surface area contributed by atoms with Crippen molar-refractivity contribution in [3.05, 3.63) is 22.5 Å². The Labute approximate surface area is 246 Å². The van der Waals surface area contributed by atoms with Crippen LogP contribution in [0.25, 0.3) is 0 Å². The lowest BCUT2D eigenvalue weighted by Gasteiger charge is -2.49. The highest BCUT2D eigenvalue weighted by atomic mass is 32.2. The van der Waals surface area contributed by atoms with E-state index in [1.807, 2.05) is 0 Å². The molecular formula is C24H26N4O12S2. The summed E-state index contributed by atoms with van der Waals surface area (Å²) in [6.07, 6.45) is -0.664. The maximum absolute atomic E-state index is 12.7. The molecule has 4 rings (SSSR count). The van der Waals surface area contributed by atoms with Gasteiger partial charge in [0, 0.05) is 49.3 Å². The normalized spacial score (nSPS) is 24.5. The van der Waals surface area contributed by atoms with Crippen molar-refractivity contribution < 1.29 is 58.0 Å². The molecule has 226 valence electrons. The number of amides is 4. The number of esters is 2. The van der Waals surface area contributed by atoms with Crippen molar-refractivity contribution in [2.24, 2.45) is 0 Å². The monoisotopic (exact) mass is 626 g/mol. The van der Waals surface area contributed by atoms with Crippen LogP contribution in [0.2, 0.25) is 0 Å². The molecule has 0 aliphatic carbocycles. The Morgan fingerprint density at radius 1 is 0.738 bits per heavy atom. The number of carbonyl (C=O) groups excluding carboxylic acids is 6. The van der Waals surface area contributed by atoms with Gasteiger partial charge in [-0.25, -0.2) is 9.59 Å². The molecule has 2 saturated heterocycles. The van der Waals surface area contributed by atoms with Gasteiger partial charge in [-0.05, 0) is 0 Å². The molecule has 4 atom stereocenters. The topological polar surface area (TPSA) is 226 Å². The largest absolute Gasteiger partial charge is 0.477 e. The van der Waals surface area contributed by atoms with Gasteiger partial charge in [-0.1, -0.05) is 0 Å². The van der Waals surface area contributed by atoms with Gasteiger partial charge >= 0.3 is 23.9 Å². The fourth-order valence-corrected chi connectivity index (χ4v) is 7.34. The van der Waals surface area contributed by atoms with Crippen molar-refractivity contribution in [2.75, 3.05) is 24.7 Å². The van der Waals surface area contributed by atoms with Crippen molar-refractivity contribution in [1.82, 2.24) is 20.4 Å². The smallest absolute Gasteiger partial charge is 0.352 e. The highest BCUT2D eigenvalue weighted by molar-refractivity contribution is 8.00. The molecular weight excluding hydrogens is 600 g/mol. The lowest BCUT2D eigenvalue weighted by atomic mass is 10.0. The number of hydrogen-bond donors (Lipinski definition) is 4. The summed E-state index contributed by atoms with van der Waals surface area (Å²) in [5.41, 5.74) is -0.0933. The number of aliphatic carboxylic acids is 2. The Morgan fingerprint density at radius 2 is 1.10 bits per heavy atom. The molecule has 2 fully saturated rings. The van der Waals surface area contributed by atoms with E-state index < -0.39 is 70.3 Å². The number of carbonyl (C=O) groups is 8. The SMILES string of the molecule is CC(=O)OCC1=C(C(=O)O)N2C(=O)[C@@H](NC(=O)CCC(=O)N[C@@H]3C(=O)N4C(C(=O)O)=C(COC(C)=O)CS[C@H]34)[C@H]2SC1. The van der Waals surface area contributed by atoms with Crippen molar-refractivity contribution in [2.45, 2.75) is 49.5 Å². The van der Waals surface area contributed by atoms with Gasteiger partial charge < -0.3 is 30.3 Å². The Kier molecular flexibility index (Phi) is 9.15. The number of β-lactam (4-membered cyclic amide) rings is 2. The molecule has 42 heavy (non-hydrogen) atoms. The van der Waals surface area contributed by atoms with Gasteiger partial charge in [0.05, 0.1) is 0 Å². The van der Waals surface area contributed by atoms with Crippen LogP contribution in [0.5, 0.6) is 0 Å². The summed E-state index contributed by atoms with van der Waals surface area (Å²) in [6.45, 7) is 1.78. The predicted octanol–water partition coefficient (Wildman–Crippen LogP) is -1.63. The molecule has 0 aromatic rings. The van der Waals surface area contributed by atoms with E-state index >= 15 is 0 Å². The van der Waals surface area contributed by atoms with E-state index in [9.17, 15) is 48.6 Å². The van der Waals surface area contributed by atoms with Crippen LogP contribution >= 0.6 is 23.5 Å². The van der Waals surface area contributed by atoms with Crippen LogP contribution in [0, 0.1) is 0 Å². The maximum Gasteiger partial charge on any atom is 0.352 e. The Bertz CT molecular complexity index is 1240. The van der Waals surface area contributed by atoms with Crippen LogP contribution in [0.4, 0.5) is 0 Å². The number of thioether (sulfide) groups is 2. The van der Waals surface area contributed by atoms with E-state index in [4.69, 9.17) is 9.47 Å². The van der Waals surface area contributed by atoms with Gasteiger partial charge in [-0.15, -0.1) is 23.5 Å². The lowest BCUT2D eigenvalue weighted by molar-refractivity contribution is -0.151. The molecule has 0 bridgehead atoms. The Morgan fingerprint density at radius 3 is 1.40 bits per heavy atom. The van der Waals surface area contributed by atoms with Crippen LogP contribution in [-0.2, 0) is 47.8 Å². The third-order valence-corrected chi connectivity index (χ3v) is 9.29. The standard InChI is InChI=1S/C24H26N4O12S2/c1-9(29)39-5-11-7-41-21-15(19(33)27(21)17(11)23(35)36)25-13(31)3-4-14(32)26-16-20(34)28-18(24(37)38)12(6-40-10(2)30)8-42-22(16)28/h15-16,21-22H,3-8H2,1-2H3,(H,25,31)(H,26,32)(H,35,36)(H,37,38)/t15-,16-,21-,22-/m1/s1. The van der Waals surface area contributed by atoms with E-state index in [-0.39, 0.29) is 60.1 Å². The lowest BCUT2D eigenvalue weighted by Crippen LogP contribution is -2.71. The first-order chi connectivity index (χ1) is 19.8. The highest BCUT2D eigenvalue weighted by Gasteiger charge is 2.55. The minimum Gasteiger partial charge on any atom is -0.477 e. The van der Waals surface area contributed by atoms with Gasteiger partial charge in [0.15, 0.2) is 0 Å². The number of carboxylic acid groups (broad SMARTS) is 2. The number of hydrogen-bond acceptors (Lipinski definition) is 12. The summed E-state index contributed by atoms with van der Waals surface area (Å²) in [5, 5.41) is 22.8. The average molecular weight is 627 g/mol. The van der Waals surface area contributed by atoms with Gasteiger partial charge in [0.25, 0.3) is 11.8 Å². The summed E-state index contributed by atoms with van der Waals surface area (Å²) in [5.74, 6) is -6.24. The van der Waals surface area contributed by atoms with Crippen molar-refractivity contribution in [3.63, 3.8) is 0 Å². The average Bonchev–Trinajstić information content (AvgIpc) is 2.93. The van der Waals surface area contributed by atoms with Crippen molar-refractivity contribution in [1.29, 1.82) is 0 Å². The Balaban J connectivity index is 1.28. The van der Waals surface area contributed by atoms with E-state index in [1.54, 1.807) is 0 Å². The fraction of sp³-hybridized carbons (Fsp3) is 0.500. The minimum absolute atomic E-state index is 0.160. The summed E-state index contributed by atoms with van der Waals surface area (Å²) in [6, 6.07) is -2.03. The molecule has 4 amide bonds. The molecule has 4 heterocycles. The van der Waals surface area contributed by atoms with Crippen LogP contribution in [0.1, 0.15) is 26.7 Å². The van der Waals surface area contributed by atoms with Crippen molar-refractivity contribution in [3.8, 4) is 0 Å². The predicted molar refractivity (Wildman–Crippen MR) is 142 cm³/mol. The molecule has 0 spiro atoms. The first-order valence-corrected chi connectivity index (χ1v) is 14.6. The number of fused-ring (bicyclic) bond motifs is 2. The molecule has 4 aliphatic heterocycles. The van der Waals surface area contributed by atoms with E-state index in [0.717, 1.165) is 9.80 Å². The number of ether oxygens (including phenoxy) is 2. The summed E-state index contributed by atoms with van der Waals surface area (Å²) >= 11 is 2.39. The summed E-state index contributed by atoms with van der Waals surface area (Å²) < 4.78 is 9.75. The van der Waals surface area contributed by atoms with E-state index in [1.165, 1.54) is 37.4 Å². The molecule has 0 unspecified atom stereocenters. The second-order valence-electron chi connectivity index (χ2n) is 9.49. The highest BCUT2D eigenvalue weighted by Crippen LogP contribution is 2.41. The number of nitrogens with zero attached hydrogens (tertiary/aromatic N) is 2. The van der Waals surface area contributed by atoms with Crippen LogP contribution < -0.4 is 10.6 Å². The number of rotatable bonds is 11. The first kappa shape index (κ1) is 30.9. The fourth-order valence-electron chi connectivity index (χ4n) is 4.68. The van der Waals surface area contributed by atoms with Gasteiger partial charge in [-0.2, -0.15) is 0 Å². The molecule has 18 heteroatoms. The van der Waals surface area contributed by atoms with E-state index in [0.29, 0.717) is 0 Å². The first-order valence-electron chi connectivity index (χ1n) is 12.5. The zero-order chi connectivity index (χ0) is 30.9. The summed E-state index contributed by atoms with van der Waals surface area (Å²) in [4.78, 5) is 98.3.